The monoisotopic (exact) mass is 468 g/mol. The van der Waals surface area contributed by atoms with Crippen molar-refractivity contribution in [3.63, 3.8) is 0 Å². The van der Waals surface area contributed by atoms with Gasteiger partial charge in [-0.2, -0.15) is 17.9 Å². The van der Waals surface area contributed by atoms with Crippen molar-refractivity contribution in [2.45, 2.75) is 31.1 Å². The Labute approximate surface area is 184 Å². The van der Waals surface area contributed by atoms with Gasteiger partial charge < -0.3 is 15.1 Å². The molecule has 0 aromatic heterocycles. The zero-order chi connectivity index (χ0) is 23.3. The van der Waals surface area contributed by atoms with Crippen LogP contribution in [0, 0.1) is 13.8 Å². The number of aryl methyl sites for hydroxylation is 2. The van der Waals surface area contributed by atoms with Crippen molar-refractivity contribution in [1.29, 1.82) is 0 Å². The molecule has 2 aromatic carbocycles. The summed E-state index contributed by atoms with van der Waals surface area (Å²) in [5.74, 6) is -0.530. The number of piperazine rings is 1. The Hall–Kier alpha value is -2.79. The van der Waals surface area contributed by atoms with Gasteiger partial charge in [-0.05, 0) is 49.2 Å². The number of halogens is 3. The van der Waals surface area contributed by atoms with E-state index in [-0.39, 0.29) is 10.6 Å². The SMILES string of the molecule is Cc1ccc(C)c(N2CCN(C(=O)C3Nc4cc(C(F)(F)F)ccc4S(=O)(=O)N3)CC2)c1. The average Bonchev–Trinajstić information content (AvgIpc) is 2.73. The molecule has 0 aliphatic carbocycles. The predicted molar refractivity (Wildman–Crippen MR) is 114 cm³/mol. The molecular formula is C21H23F3N4O3S. The van der Waals surface area contributed by atoms with Crippen molar-refractivity contribution in [1.82, 2.24) is 9.62 Å². The molecule has 1 atom stereocenters. The van der Waals surface area contributed by atoms with Gasteiger partial charge >= 0.3 is 6.18 Å². The minimum Gasteiger partial charge on any atom is -0.368 e. The molecule has 1 amide bonds. The first-order chi connectivity index (χ1) is 15.0. The first-order valence-corrected chi connectivity index (χ1v) is 11.6. The van der Waals surface area contributed by atoms with E-state index in [4.69, 9.17) is 0 Å². The molecule has 2 heterocycles. The van der Waals surface area contributed by atoms with Crippen molar-refractivity contribution < 1.29 is 26.4 Å². The molecule has 0 saturated carbocycles. The van der Waals surface area contributed by atoms with Gasteiger partial charge in [0, 0.05) is 31.9 Å². The first-order valence-electron chi connectivity index (χ1n) is 10.1. The average molecular weight is 469 g/mol. The minimum atomic E-state index is -4.63. The molecule has 1 unspecified atom stereocenters. The van der Waals surface area contributed by atoms with E-state index in [1.54, 1.807) is 0 Å². The maximum atomic E-state index is 13.1. The van der Waals surface area contributed by atoms with Crippen LogP contribution in [-0.4, -0.2) is 51.6 Å². The summed E-state index contributed by atoms with van der Waals surface area (Å²) in [6.07, 6.45) is -6.00. The Bertz CT molecular complexity index is 1160. The fourth-order valence-corrected chi connectivity index (χ4v) is 5.23. The molecule has 4 rings (SSSR count). The van der Waals surface area contributed by atoms with E-state index < -0.39 is 33.8 Å². The van der Waals surface area contributed by atoms with E-state index >= 15 is 0 Å². The molecule has 1 fully saturated rings. The summed E-state index contributed by atoms with van der Waals surface area (Å²) in [5, 5.41) is 2.63. The van der Waals surface area contributed by atoms with Crippen LogP contribution in [0.2, 0.25) is 0 Å². The van der Waals surface area contributed by atoms with Crippen LogP contribution < -0.4 is 14.9 Å². The molecule has 32 heavy (non-hydrogen) atoms. The molecule has 0 bridgehead atoms. The lowest BCUT2D eigenvalue weighted by molar-refractivity contribution is -0.137. The highest BCUT2D eigenvalue weighted by Gasteiger charge is 2.38. The lowest BCUT2D eigenvalue weighted by atomic mass is 10.1. The normalized spacial score (nSPS) is 20.5. The highest BCUT2D eigenvalue weighted by atomic mass is 32.2. The number of carbonyl (C=O) groups is 1. The summed E-state index contributed by atoms with van der Waals surface area (Å²) in [4.78, 5) is 16.3. The summed E-state index contributed by atoms with van der Waals surface area (Å²) in [7, 11) is -4.14. The van der Waals surface area contributed by atoms with Gasteiger partial charge in [0.15, 0.2) is 6.17 Å². The third-order valence-electron chi connectivity index (χ3n) is 5.71. The molecule has 2 aliphatic heterocycles. The summed E-state index contributed by atoms with van der Waals surface area (Å²) < 4.78 is 66.5. The molecule has 2 N–H and O–H groups in total. The van der Waals surface area contributed by atoms with Crippen LogP contribution in [0.4, 0.5) is 24.5 Å². The molecule has 0 radical (unpaired) electrons. The summed E-state index contributed by atoms with van der Waals surface area (Å²) in [5.41, 5.74) is 2.10. The van der Waals surface area contributed by atoms with Gasteiger partial charge in [0.05, 0.1) is 11.3 Å². The van der Waals surface area contributed by atoms with Crippen molar-refractivity contribution >= 4 is 27.3 Å². The van der Waals surface area contributed by atoms with Crippen LogP contribution in [0.5, 0.6) is 0 Å². The van der Waals surface area contributed by atoms with E-state index in [9.17, 15) is 26.4 Å². The van der Waals surface area contributed by atoms with Crippen molar-refractivity contribution in [3.8, 4) is 0 Å². The first kappa shape index (κ1) is 22.4. The third-order valence-corrected chi connectivity index (χ3v) is 7.19. The number of benzene rings is 2. The summed E-state index contributed by atoms with van der Waals surface area (Å²) in [6.45, 7) is 5.86. The standard InChI is InChI=1S/C21H23F3N4O3S/c1-13-3-4-14(2)17(11-13)27-7-9-28(10-8-27)20(29)19-25-16-12-15(21(22,23)24)5-6-18(16)32(30,31)26-19/h3-6,11-12,19,25-26H,7-10H2,1-2H3. The maximum Gasteiger partial charge on any atom is 0.416 e. The number of nitrogens with one attached hydrogen (secondary N) is 2. The minimum absolute atomic E-state index is 0.244. The number of rotatable bonds is 2. The number of alkyl halides is 3. The smallest absolute Gasteiger partial charge is 0.368 e. The van der Waals surface area contributed by atoms with Gasteiger partial charge in [0.2, 0.25) is 10.0 Å². The molecule has 7 nitrogen and oxygen atoms in total. The predicted octanol–water partition coefficient (Wildman–Crippen LogP) is 2.70. The van der Waals surface area contributed by atoms with E-state index in [1.165, 1.54) is 4.90 Å². The zero-order valence-electron chi connectivity index (χ0n) is 17.5. The lowest BCUT2D eigenvalue weighted by Crippen LogP contribution is -2.58. The Morgan fingerprint density at radius 1 is 1.03 bits per heavy atom. The second-order valence-electron chi connectivity index (χ2n) is 8.01. The summed E-state index contributed by atoms with van der Waals surface area (Å²) >= 11 is 0. The molecule has 2 aliphatic rings. The number of nitrogens with zero attached hydrogens (tertiary/aromatic N) is 2. The van der Waals surface area contributed by atoms with Gasteiger partial charge in [0.25, 0.3) is 5.91 Å². The zero-order valence-corrected chi connectivity index (χ0v) is 18.3. The Balaban J connectivity index is 1.49. The van der Waals surface area contributed by atoms with Crippen LogP contribution in [-0.2, 0) is 21.0 Å². The number of sulfonamides is 1. The second kappa shape index (κ2) is 7.96. The fraction of sp³-hybridized carbons (Fsp3) is 0.381. The largest absolute Gasteiger partial charge is 0.416 e. The highest BCUT2D eigenvalue weighted by Crippen LogP contribution is 2.35. The van der Waals surface area contributed by atoms with Crippen molar-refractivity contribution in [2.75, 3.05) is 36.4 Å². The van der Waals surface area contributed by atoms with E-state index in [0.717, 1.165) is 22.9 Å². The third kappa shape index (κ3) is 4.26. The Morgan fingerprint density at radius 3 is 2.38 bits per heavy atom. The highest BCUT2D eigenvalue weighted by molar-refractivity contribution is 7.89. The van der Waals surface area contributed by atoms with Gasteiger partial charge in [-0.1, -0.05) is 12.1 Å². The lowest BCUT2D eigenvalue weighted by Gasteiger charge is -2.39. The van der Waals surface area contributed by atoms with Crippen LogP contribution in [0.1, 0.15) is 16.7 Å². The number of amides is 1. The molecule has 0 spiro atoms. The maximum absolute atomic E-state index is 13.1. The van der Waals surface area contributed by atoms with Gasteiger partial charge in [0.1, 0.15) is 4.90 Å². The van der Waals surface area contributed by atoms with Crippen molar-refractivity contribution in [3.05, 3.63) is 53.1 Å². The van der Waals surface area contributed by atoms with Crippen LogP contribution in [0.15, 0.2) is 41.3 Å². The van der Waals surface area contributed by atoms with E-state index in [1.807, 2.05) is 26.0 Å². The number of fused-ring (bicyclic) bond motifs is 1. The topological polar surface area (TPSA) is 81.8 Å². The number of hydrogen-bond acceptors (Lipinski definition) is 5. The van der Waals surface area contributed by atoms with Gasteiger partial charge in [-0.3, -0.25) is 4.79 Å². The summed E-state index contributed by atoms with van der Waals surface area (Å²) in [6, 6.07) is 8.45. The van der Waals surface area contributed by atoms with E-state index in [2.05, 4.69) is 21.0 Å². The van der Waals surface area contributed by atoms with Crippen molar-refractivity contribution in [2.24, 2.45) is 0 Å². The molecule has 172 valence electrons. The van der Waals surface area contributed by atoms with Crippen LogP contribution in [0.3, 0.4) is 0 Å². The van der Waals surface area contributed by atoms with Gasteiger partial charge in [-0.25, -0.2) is 8.42 Å². The fourth-order valence-electron chi connectivity index (χ4n) is 3.98. The molecule has 11 heteroatoms. The Morgan fingerprint density at radius 2 is 1.72 bits per heavy atom. The second-order valence-corrected chi connectivity index (χ2v) is 9.69. The number of anilines is 2. The number of hydrogen-bond donors (Lipinski definition) is 2. The quantitative estimate of drug-likeness (QED) is 0.709. The Kier molecular flexibility index (Phi) is 5.58. The van der Waals surface area contributed by atoms with Crippen LogP contribution >= 0.6 is 0 Å². The number of carbonyl (C=O) groups excluding carboxylic acids is 1. The molecular weight excluding hydrogens is 445 g/mol. The molecule has 1 saturated heterocycles. The van der Waals surface area contributed by atoms with E-state index in [0.29, 0.717) is 38.3 Å². The van der Waals surface area contributed by atoms with Gasteiger partial charge in [-0.15, -0.1) is 0 Å². The molecule has 2 aromatic rings. The van der Waals surface area contributed by atoms with Crippen LogP contribution in [0.25, 0.3) is 0 Å².